The Bertz CT molecular complexity index is 1490. The summed E-state index contributed by atoms with van der Waals surface area (Å²) in [4.78, 5) is 23.3. The van der Waals surface area contributed by atoms with Gasteiger partial charge in [0.05, 0.1) is 5.70 Å². The normalized spacial score (nSPS) is 17.3. The maximum absolute atomic E-state index is 8.12. The molecule has 3 aromatic carbocycles. The Hall–Kier alpha value is -3.52. The molecule has 2 aliphatic rings. The third-order valence-electron chi connectivity index (χ3n) is 6.64. The van der Waals surface area contributed by atoms with Crippen LogP contribution < -0.4 is 9.64 Å². The Kier molecular flexibility index (Phi) is 7.88. The predicted octanol–water partition coefficient (Wildman–Crippen LogP) is 6.97. The van der Waals surface area contributed by atoms with Crippen LogP contribution in [0.2, 0.25) is 0 Å². The third-order valence-corrected chi connectivity index (χ3v) is 7.70. The fourth-order valence-electron chi connectivity index (χ4n) is 5.04. The first-order valence-corrected chi connectivity index (χ1v) is 13.8. The fraction of sp³-hybridized carbons (Fsp3) is 0.207. The van der Waals surface area contributed by atoms with Crippen LogP contribution in [0.25, 0.3) is 5.70 Å². The van der Waals surface area contributed by atoms with E-state index in [-0.39, 0.29) is 18.3 Å². The maximum Gasteiger partial charge on any atom is 0.373 e. The number of carbonyl (C=O) groups excluding carboxylic acids is 2. The van der Waals surface area contributed by atoms with E-state index in [2.05, 4.69) is 115 Å². The molecule has 3 heterocycles. The third kappa shape index (κ3) is 4.85. The highest BCUT2D eigenvalue weighted by molar-refractivity contribution is 9.10. The molecule has 0 fully saturated rings. The smallest absolute Gasteiger partial charge is 0.373 e. The van der Waals surface area contributed by atoms with Crippen molar-refractivity contribution in [3.8, 4) is 5.75 Å². The van der Waals surface area contributed by atoms with Crippen molar-refractivity contribution in [3.63, 3.8) is 0 Å². The number of anilines is 1. The topological polar surface area (TPSA) is 77.3 Å². The molecule has 0 aliphatic carbocycles. The van der Waals surface area contributed by atoms with Crippen LogP contribution >= 0.6 is 31.9 Å². The predicted molar refractivity (Wildman–Crippen MR) is 150 cm³/mol. The Morgan fingerprint density at radius 2 is 1.55 bits per heavy atom. The minimum Gasteiger partial charge on any atom is -0.480 e. The van der Waals surface area contributed by atoms with Gasteiger partial charge in [-0.15, -0.1) is 0 Å². The summed E-state index contributed by atoms with van der Waals surface area (Å²) in [5.41, 5.74) is 5.72. The first-order valence-electron chi connectivity index (χ1n) is 12.2. The van der Waals surface area contributed by atoms with E-state index in [1.807, 2.05) is 6.07 Å². The lowest BCUT2D eigenvalue weighted by molar-refractivity contribution is -0.191. The van der Waals surface area contributed by atoms with Gasteiger partial charge < -0.3 is 9.64 Å². The Balaban J connectivity index is 0.000000937. The summed E-state index contributed by atoms with van der Waals surface area (Å²) in [5.74, 6) is 1.76. The van der Waals surface area contributed by atoms with Gasteiger partial charge in [-0.3, -0.25) is 0 Å². The second-order valence-corrected chi connectivity index (χ2v) is 10.7. The zero-order valence-corrected chi connectivity index (χ0v) is 23.7. The molecule has 0 radical (unpaired) electrons. The molecule has 0 spiro atoms. The first kappa shape index (κ1) is 26.1. The van der Waals surface area contributed by atoms with E-state index in [0.29, 0.717) is 0 Å². The van der Waals surface area contributed by atoms with Gasteiger partial charge in [-0.1, -0.05) is 81.6 Å². The number of unbranched alkanes of at least 4 members (excludes halogenated alkanes) is 1. The van der Waals surface area contributed by atoms with Crippen molar-refractivity contribution < 1.29 is 14.3 Å². The van der Waals surface area contributed by atoms with E-state index in [9.17, 15) is 0 Å². The highest BCUT2D eigenvalue weighted by Gasteiger charge is 2.43. The van der Waals surface area contributed by atoms with Crippen molar-refractivity contribution in [2.45, 2.75) is 31.9 Å². The van der Waals surface area contributed by atoms with Crippen LogP contribution in [0.15, 0.2) is 93.6 Å². The monoisotopic (exact) mass is 634 g/mol. The summed E-state index contributed by atoms with van der Waals surface area (Å²) in [6.45, 7) is 3.08. The molecule has 7 nitrogen and oxygen atoms in total. The molecule has 9 heteroatoms. The second kappa shape index (κ2) is 11.5. The number of fused-ring (bicyclic) bond motifs is 3. The second-order valence-electron chi connectivity index (χ2n) is 8.90. The molecule has 0 N–H and O–H groups in total. The van der Waals surface area contributed by atoms with Gasteiger partial charge in [-0.2, -0.15) is 19.7 Å². The molecule has 6 rings (SSSR count). The lowest BCUT2D eigenvalue weighted by Crippen LogP contribution is -2.39. The van der Waals surface area contributed by atoms with Gasteiger partial charge in [0.1, 0.15) is 24.2 Å². The number of hydrogen-bond acceptors (Lipinski definition) is 6. The lowest BCUT2D eigenvalue weighted by Gasteiger charge is -2.43. The molecule has 0 unspecified atom stereocenters. The summed E-state index contributed by atoms with van der Waals surface area (Å²) in [5, 5.41) is 4.74. The Morgan fingerprint density at radius 1 is 0.921 bits per heavy atom. The van der Waals surface area contributed by atoms with E-state index in [4.69, 9.17) is 24.4 Å². The minimum atomic E-state index is -0.261. The van der Waals surface area contributed by atoms with Crippen molar-refractivity contribution in [3.05, 3.63) is 110 Å². The van der Waals surface area contributed by atoms with Crippen molar-refractivity contribution >= 4 is 49.7 Å². The molecule has 0 saturated carbocycles. The molecular weight excluding hydrogens is 612 g/mol. The zero-order valence-electron chi connectivity index (χ0n) is 20.6. The van der Waals surface area contributed by atoms with Gasteiger partial charge in [0, 0.05) is 26.6 Å². The van der Waals surface area contributed by atoms with Crippen LogP contribution in [0.4, 0.5) is 5.95 Å². The molecule has 38 heavy (non-hydrogen) atoms. The highest BCUT2D eigenvalue weighted by Crippen LogP contribution is 2.52. The van der Waals surface area contributed by atoms with E-state index in [1.165, 1.54) is 11.3 Å². The molecule has 1 aromatic heterocycles. The van der Waals surface area contributed by atoms with E-state index in [1.54, 1.807) is 6.33 Å². The SMILES string of the molecule is CCCCN1C2=C([C@H](c3ccc(Br)cc3)n3ncnc31)[C@@H](c1ccc(Br)cc1)Oc1ccccc12.O=C=O. The number of nitrogens with zero attached hydrogens (tertiary/aromatic N) is 4. The molecule has 0 saturated heterocycles. The number of aromatic nitrogens is 3. The summed E-state index contributed by atoms with van der Waals surface area (Å²) < 4.78 is 10.9. The van der Waals surface area contributed by atoms with Crippen molar-refractivity contribution in [1.82, 2.24) is 14.8 Å². The summed E-state index contributed by atoms with van der Waals surface area (Å²) >= 11 is 7.18. The number of benzene rings is 3. The van der Waals surface area contributed by atoms with Crippen LogP contribution in [0, 0.1) is 0 Å². The summed E-state index contributed by atoms with van der Waals surface area (Å²) in [7, 11) is 0. The van der Waals surface area contributed by atoms with Crippen LogP contribution in [0.3, 0.4) is 0 Å². The Labute approximate surface area is 237 Å². The number of rotatable bonds is 5. The number of ether oxygens (including phenoxy) is 1. The summed E-state index contributed by atoms with van der Waals surface area (Å²) in [6, 6.07) is 25.1. The standard InChI is InChI=1S/C28H24Br2N4O.CO2/c1-2-3-16-33-26-22-6-4-5-7-23(22)35-27(19-10-14-21(30)15-11-19)24(26)25(34-28(33)31-17-32-34)18-8-12-20(29)13-9-18;2-1-3/h4-15,17,25,27H,2-3,16H2,1H3;/t25-,27+;/m0./s1. The lowest BCUT2D eigenvalue weighted by atomic mass is 9.84. The number of halogens is 2. The van der Waals surface area contributed by atoms with Crippen molar-refractivity contribution in [1.29, 1.82) is 0 Å². The highest BCUT2D eigenvalue weighted by atomic mass is 79.9. The number of hydrogen-bond donors (Lipinski definition) is 0. The largest absolute Gasteiger partial charge is 0.480 e. The molecule has 0 amide bonds. The fourth-order valence-corrected chi connectivity index (χ4v) is 5.57. The average molecular weight is 636 g/mol. The van der Waals surface area contributed by atoms with Gasteiger partial charge >= 0.3 is 6.15 Å². The number of para-hydroxylation sites is 1. The first-order chi connectivity index (χ1) is 18.6. The molecular formula is C29H24Br2N4O3. The average Bonchev–Trinajstić information content (AvgIpc) is 3.42. The zero-order chi connectivity index (χ0) is 26.6. The summed E-state index contributed by atoms with van der Waals surface area (Å²) in [6.07, 6.45) is 3.80. The minimum absolute atomic E-state index is 0.143. The molecule has 192 valence electrons. The van der Waals surface area contributed by atoms with Gasteiger partial charge in [-0.05, 0) is 53.9 Å². The van der Waals surface area contributed by atoms with Gasteiger partial charge in [-0.25, -0.2) is 4.68 Å². The van der Waals surface area contributed by atoms with Crippen LogP contribution in [0.1, 0.15) is 48.6 Å². The molecule has 2 aliphatic heterocycles. The van der Waals surface area contributed by atoms with Crippen molar-refractivity contribution in [2.24, 2.45) is 0 Å². The van der Waals surface area contributed by atoms with Gasteiger partial charge in [0.15, 0.2) is 0 Å². The molecule has 4 aromatic rings. The van der Waals surface area contributed by atoms with E-state index < -0.39 is 0 Å². The van der Waals surface area contributed by atoms with Crippen LogP contribution in [-0.2, 0) is 9.59 Å². The quantitative estimate of drug-likeness (QED) is 0.236. The van der Waals surface area contributed by atoms with Gasteiger partial charge in [0.25, 0.3) is 0 Å². The van der Waals surface area contributed by atoms with E-state index in [0.717, 1.165) is 56.7 Å². The Morgan fingerprint density at radius 3 is 2.21 bits per heavy atom. The van der Waals surface area contributed by atoms with E-state index >= 15 is 0 Å². The van der Waals surface area contributed by atoms with Crippen LogP contribution in [0.5, 0.6) is 5.75 Å². The maximum atomic E-state index is 8.12. The van der Waals surface area contributed by atoms with Crippen LogP contribution in [-0.4, -0.2) is 27.5 Å². The van der Waals surface area contributed by atoms with Crippen molar-refractivity contribution in [2.75, 3.05) is 11.4 Å². The molecule has 0 bridgehead atoms. The molecule has 2 atom stereocenters. The van der Waals surface area contributed by atoms with Gasteiger partial charge in [0.2, 0.25) is 5.95 Å².